The molecule has 0 fully saturated rings. The van der Waals surface area contributed by atoms with E-state index >= 15 is 0 Å². The second-order valence-corrected chi connectivity index (χ2v) is 7.63. The summed E-state index contributed by atoms with van der Waals surface area (Å²) in [4.78, 5) is 25.1. The number of rotatable bonds is 3. The topological polar surface area (TPSA) is 68.8 Å². The first-order valence-electron chi connectivity index (χ1n) is 10.4. The summed E-state index contributed by atoms with van der Waals surface area (Å²) < 4.78 is 3.94. The number of pyridine rings is 1. The van der Waals surface area contributed by atoms with E-state index in [2.05, 4.69) is 9.67 Å². The molecule has 0 aliphatic carbocycles. The van der Waals surface area contributed by atoms with E-state index in [9.17, 15) is 4.79 Å². The van der Waals surface area contributed by atoms with Gasteiger partial charge in [-0.25, -0.2) is 14.6 Å². The van der Waals surface area contributed by atoms with Crippen LogP contribution in [-0.4, -0.2) is 36.8 Å². The minimum atomic E-state index is -0.0747. The van der Waals surface area contributed by atoms with Gasteiger partial charge in [-0.05, 0) is 25.1 Å². The maximum absolute atomic E-state index is 13.8. The molecule has 0 saturated heterocycles. The van der Waals surface area contributed by atoms with Gasteiger partial charge in [0.15, 0.2) is 5.65 Å². The maximum atomic E-state index is 13.8. The molecule has 152 valence electrons. The summed E-state index contributed by atoms with van der Waals surface area (Å²) in [6.45, 7) is 4.03. The lowest BCUT2D eigenvalue weighted by Crippen LogP contribution is -2.29. The van der Waals surface area contributed by atoms with Crippen molar-refractivity contribution in [2.75, 3.05) is 11.4 Å². The Bertz CT molecular complexity index is 1450. The van der Waals surface area contributed by atoms with Crippen molar-refractivity contribution in [3.05, 3.63) is 72.4 Å². The van der Waals surface area contributed by atoms with Crippen molar-refractivity contribution >= 4 is 33.9 Å². The molecule has 0 atom stereocenters. The lowest BCUT2D eigenvalue weighted by Gasteiger charge is -2.15. The monoisotopic (exact) mass is 408 g/mol. The Balaban J connectivity index is 1.52. The summed E-state index contributed by atoms with van der Waals surface area (Å²) in [6.07, 6.45) is 1.74. The second-order valence-electron chi connectivity index (χ2n) is 7.63. The smallest absolute Gasteiger partial charge is 0.261 e. The highest BCUT2D eigenvalue weighted by Crippen LogP contribution is 2.31. The first-order chi connectivity index (χ1) is 15.2. The third-order valence-corrected chi connectivity index (χ3v) is 5.88. The highest BCUT2D eigenvalue weighted by atomic mass is 16.2. The van der Waals surface area contributed by atoms with Crippen molar-refractivity contribution < 1.29 is 4.79 Å². The van der Waals surface area contributed by atoms with Gasteiger partial charge in [-0.1, -0.05) is 42.5 Å². The number of hydrogen-bond donors (Lipinski definition) is 0. The SMILES string of the molecule is CCn1ncc2c(C(=O)N3CCn4c3nc3ccccc34)cc(-c3ccccc3)nc21. The molecule has 1 amide bonds. The highest BCUT2D eigenvalue weighted by molar-refractivity contribution is 6.14. The van der Waals surface area contributed by atoms with Gasteiger partial charge in [0.2, 0.25) is 5.95 Å². The van der Waals surface area contributed by atoms with Crippen molar-refractivity contribution in [2.24, 2.45) is 0 Å². The van der Waals surface area contributed by atoms with Crippen LogP contribution in [0.2, 0.25) is 0 Å². The zero-order valence-electron chi connectivity index (χ0n) is 17.1. The molecule has 2 aromatic carbocycles. The standard InChI is InChI=1S/C24H20N6O/c1-2-30-22-18(15-25-30)17(14-20(26-22)16-8-4-3-5-9-16)23(31)29-13-12-28-21-11-7-6-10-19(21)27-24(28)29/h3-11,14-15H,2,12-13H2,1H3. The Hall–Kier alpha value is -4.00. The van der Waals surface area contributed by atoms with E-state index in [0.717, 1.165) is 39.9 Å². The minimum absolute atomic E-state index is 0.0747. The molecule has 1 aliphatic heterocycles. The van der Waals surface area contributed by atoms with Crippen LogP contribution in [0.5, 0.6) is 0 Å². The Morgan fingerprint density at radius 2 is 1.81 bits per heavy atom. The number of amides is 1. The van der Waals surface area contributed by atoms with E-state index in [0.29, 0.717) is 24.6 Å². The van der Waals surface area contributed by atoms with Gasteiger partial charge >= 0.3 is 0 Å². The first-order valence-corrected chi connectivity index (χ1v) is 10.4. The molecule has 7 nitrogen and oxygen atoms in total. The van der Waals surface area contributed by atoms with E-state index in [1.165, 1.54) is 0 Å². The van der Waals surface area contributed by atoms with Crippen LogP contribution in [0, 0.1) is 0 Å². The van der Waals surface area contributed by atoms with Gasteiger partial charge in [0.05, 0.1) is 33.9 Å². The van der Waals surface area contributed by atoms with Gasteiger partial charge in [0, 0.05) is 25.2 Å². The Kier molecular flexibility index (Phi) is 3.89. The highest BCUT2D eigenvalue weighted by Gasteiger charge is 2.31. The van der Waals surface area contributed by atoms with Gasteiger partial charge < -0.3 is 4.57 Å². The summed E-state index contributed by atoms with van der Waals surface area (Å²) >= 11 is 0. The van der Waals surface area contributed by atoms with E-state index in [1.54, 1.807) is 11.1 Å². The summed E-state index contributed by atoms with van der Waals surface area (Å²) in [7, 11) is 0. The molecule has 5 aromatic rings. The first kappa shape index (κ1) is 17.8. The van der Waals surface area contributed by atoms with Crippen LogP contribution in [-0.2, 0) is 13.1 Å². The molecule has 6 rings (SSSR count). The van der Waals surface area contributed by atoms with Crippen LogP contribution in [0.1, 0.15) is 17.3 Å². The summed E-state index contributed by atoms with van der Waals surface area (Å²) in [5.41, 5.74) is 5.01. The van der Waals surface area contributed by atoms with Crippen LogP contribution < -0.4 is 4.90 Å². The number of imidazole rings is 1. The molecular weight excluding hydrogens is 388 g/mol. The molecular formula is C24H20N6O. The largest absolute Gasteiger partial charge is 0.308 e. The maximum Gasteiger partial charge on any atom is 0.261 e. The lowest BCUT2D eigenvalue weighted by molar-refractivity contribution is 0.0990. The third-order valence-electron chi connectivity index (χ3n) is 5.88. The average Bonchev–Trinajstić information content (AvgIpc) is 3.51. The molecule has 0 radical (unpaired) electrons. The summed E-state index contributed by atoms with van der Waals surface area (Å²) in [5.74, 6) is 0.620. The number of benzene rings is 2. The van der Waals surface area contributed by atoms with E-state index < -0.39 is 0 Å². The van der Waals surface area contributed by atoms with Crippen LogP contribution >= 0.6 is 0 Å². The molecule has 0 N–H and O–H groups in total. The average molecular weight is 408 g/mol. The van der Waals surface area contributed by atoms with Gasteiger partial charge in [-0.3, -0.25) is 9.69 Å². The second kappa shape index (κ2) is 6.77. The van der Waals surface area contributed by atoms with Crippen molar-refractivity contribution in [2.45, 2.75) is 20.0 Å². The number of hydrogen-bond acceptors (Lipinski definition) is 4. The van der Waals surface area contributed by atoms with Crippen molar-refractivity contribution in [1.82, 2.24) is 24.3 Å². The Morgan fingerprint density at radius 1 is 1.00 bits per heavy atom. The van der Waals surface area contributed by atoms with Crippen LogP contribution in [0.4, 0.5) is 5.95 Å². The number of fused-ring (bicyclic) bond motifs is 4. The zero-order chi connectivity index (χ0) is 20.9. The molecule has 4 heterocycles. The van der Waals surface area contributed by atoms with Crippen LogP contribution in [0.3, 0.4) is 0 Å². The Labute approximate surface area is 178 Å². The van der Waals surface area contributed by atoms with Crippen LogP contribution in [0.25, 0.3) is 33.3 Å². The van der Waals surface area contributed by atoms with Gasteiger partial charge in [-0.15, -0.1) is 0 Å². The fourth-order valence-corrected chi connectivity index (χ4v) is 4.34. The molecule has 7 heteroatoms. The number of anilines is 1. The fraction of sp³-hybridized carbons (Fsp3) is 0.167. The van der Waals surface area contributed by atoms with Crippen molar-refractivity contribution in [3.63, 3.8) is 0 Å². The van der Waals surface area contributed by atoms with Gasteiger partial charge in [0.1, 0.15) is 0 Å². The molecule has 0 saturated carbocycles. The molecule has 0 unspecified atom stereocenters. The lowest BCUT2D eigenvalue weighted by atomic mass is 10.1. The minimum Gasteiger partial charge on any atom is -0.308 e. The van der Waals surface area contributed by atoms with E-state index in [1.807, 2.05) is 72.3 Å². The van der Waals surface area contributed by atoms with Crippen molar-refractivity contribution in [3.8, 4) is 11.3 Å². The quantitative estimate of drug-likeness (QED) is 0.450. The van der Waals surface area contributed by atoms with Gasteiger partial charge in [-0.2, -0.15) is 5.10 Å². The number of aromatic nitrogens is 5. The number of nitrogens with zero attached hydrogens (tertiary/aromatic N) is 6. The molecule has 0 spiro atoms. The third kappa shape index (κ3) is 2.66. The van der Waals surface area contributed by atoms with Crippen LogP contribution in [0.15, 0.2) is 66.9 Å². The van der Waals surface area contributed by atoms with E-state index in [-0.39, 0.29) is 5.91 Å². The van der Waals surface area contributed by atoms with E-state index in [4.69, 9.17) is 9.97 Å². The fourth-order valence-electron chi connectivity index (χ4n) is 4.34. The zero-order valence-corrected chi connectivity index (χ0v) is 17.1. The Morgan fingerprint density at radius 3 is 2.65 bits per heavy atom. The predicted octanol–water partition coefficient (Wildman–Crippen LogP) is 4.13. The number of carbonyl (C=O) groups excluding carboxylic acids is 1. The molecule has 31 heavy (non-hydrogen) atoms. The van der Waals surface area contributed by atoms with Gasteiger partial charge in [0.25, 0.3) is 5.91 Å². The number of para-hydroxylation sites is 2. The number of carbonyl (C=O) groups is 1. The number of aryl methyl sites for hydroxylation is 1. The summed E-state index contributed by atoms with van der Waals surface area (Å²) in [6, 6.07) is 19.8. The molecule has 0 bridgehead atoms. The molecule has 3 aromatic heterocycles. The predicted molar refractivity (Wildman–Crippen MR) is 120 cm³/mol. The normalized spacial score (nSPS) is 13.3. The summed E-state index contributed by atoms with van der Waals surface area (Å²) in [5, 5.41) is 5.22. The van der Waals surface area contributed by atoms with Crippen molar-refractivity contribution in [1.29, 1.82) is 0 Å². The molecule has 1 aliphatic rings.